The predicted molar refractivity (Wildman–Crippen MR) is 91.7 cm³/mol. The molecule has 0 unspecified atom stereocenters. The molecular weight excluding hydrogens is 351 g/mol. The second kappa shape index (κ2) is 7.27. The van der Waals surface area contributed by atoms with Gasteiger partial charge in [-0.25, -0.2) is 0 Å². The number of amides is 1. The van der Waals surface area contributed by atoms with E-state index < -0.39 is 0 Å². The molecule has 0 aliphatic carbocycles. The van der Waals surface area contributed by atoms with Crippen LogP contribution in [0.2, 0.25) is 15.1 Å². The van der Waals surface area contributed by atoms with Crippen molar-refractivity contribution in [3.8, 4) is 0 Å². The first-order chi connectivity index (χ1) is 9.97. The average Bonchev–Trinajstić information content (AvgIpc) is 2.42. The molecule has 110 valence electrons. The number of benzene rings is 2. The van der Waals surface area contributed by atoms with Gasteiger partial charge in [0, 0.05) is 15.6 Å². The molecule has 0 radical (unpaired) electrons. The number of nitrogen functional groups attached to an aromatic ring is 1. The Kier molecular flexibility index (Phi) is 5.65. The number of rotatable bonds is 4. The van der Waals surface area contributed by atoms with Crippen molar-refractivity contribution in [2.24, 2.45) is 0 Å². The summed E-state index contributed by atoms with van der Waals surface area (Å²) in [6, 6.07) is 10.2. The second-order valence-electron chi connectivity index (χ2n) is 4.12. The largest absolute Gasteiger partial charge is 0.398 e. The van der Waals surface area contributed by atoms with Crippen LogP contribution in [0.3, 0.4) is 0 Å². The van der Waals surface area contributed by atoms with Gasteiger partial charge in [0.25, 0.3) is 0 Å². The van der Waals surface area contributed by atoms with Crippen LogP contribution in [0, 0.1) is 0 Å². The molecule has 2 rings (SSSR count). The van der Waals surface area contributed by atoms with Crippen molar-refractivity contribution in [1.29, 1.82) is 0 Å². The van der Waals surface area contributed by atoms with Gasteiger partial charge in [-0.15, -0.1) is 11.8 Å². The van der Waals surface area contributed by atoms with Crippen LogP contribution in [-0.2, 0) is 4.79 Å². The molecule has 0 saturated heterocycles. The van der Waals surface area contributed by atoms with Crippen LogP contribution in [0.5, 0.6) is 0 Å². The zero-order valence-corrected chi connectivity index (χ0v) is 13.8. The highest BCUT2D eigenvalue weighted by atomic mass is 35.5. The minimum atomic E-state index is -0.218. The Balaban J connectivity index is 1.99. The summed E-state index contributed by atoms with van der Waals surface area (Å²) >= 11 is 19.1. The summed E-state index contributed by atoms with van der Waals surface area (Å²) in [5, 5.41) is 4.04. The van der Waals surface area contributed by atoms with Gasteiger partial charge in [0.05, 0.1) is 21.5 Å². The molecule has 0 spiro atoms. The minimum absolute atomic E-state index is 0.188. The lowest BCUT2D eigenvalue weighted by molar-refractivity contribution is -0.113. The molecule has 0 bridgehead atoms. The number of halogens is 3. The zero-order valence-electron chi connectivity index (χ0n) is 10.7. The maximum absolute atomic E-state index is 12.0. The van der Waals surface area contributed by atoms with Crippen molar-refractivity contribution in [2.45, 2.75) is 4.90 Å². The van der Waals surface area contributed by atoms with E-state index in [9.17, 15) is 4.79 Å². The molecule has 3 N–H and O–H groups in total. The van der Waals surface area contributed by atoms with Gasteiger partial charge in [0.1, 0.15) is 0 Å². The third-order valence-corrected chi connectivity index (χ3v) is 4.51. The van der Waals surface area contributed by atoms with E-state index in [0.29, 0.717) is 26.4 Å². The molecule has 7 heteroatoms. The summed E-state index contributed by atoms with van der Waals surface area (Å²) in [7, 11) is 0. The third-order valence-electron chi connectivity index (χ3n) is 2.56. The van der Waals surface area contributed by atoms with E-state index in [1.807, 2.05) is 0 Å². The lowest BCUT2D eigenvalue weighted by Gasteiger charge is -2.09. The molecule has 0 saturated carbocycles. The van der Waals surface area contributed by atoms with Gasteiger partial charge in [-0.2, -0.15) is 0 Å². The van der Waals surface area contributed by atoms with E-state index in [2.05, 4.69) is 5.32 Å². The molecular formula is C14H11Cl3N2OS. The fourth-order valence-corrected chi connectivity index (χ4v) is 3.01. The highest BCUT2D eigenvalue weighted by Crippen LogP contribution is 2.31. The number of nitrogens with one attached hydrogen (secondary N) is 1. The average molecular weight is 362 g/mol. The third kappa shape index (κ3) is 4.45. The fraction of sp³-hybridized carbons (Fsp3) is 0.0714. The summed E-state index contributed by atoms with van der Waals surface area (Å²) in [6.07, 6.45) is 0. The van der Waals surface area contributed by atoms with Gasteiger partial charge >= 0.3 is 0 Å². The molecule has 2 aromatic carbocycles. The van der Waals surface area contributed by atoms with Gasteiger partial charge in [-0.3, -0.25) is 4.79 Å². The first kappa shape index (κ1) is 16.3. The van der Waals surface area contributed by atoms with Crippen molar-refractivity contribution in [3.63, 3.8) is 0 Å². The summed E-state index contributed by atoms with van der Waals surface area (Å²) in [6.45, 7) is 0. The number of hydrogen-bond donors (Lipinski definition) is 2. The maximum atomic E-state index is 12.0. The number of anilines is 2. The Morgan fingerprint density at radius 1 is 1.14 bits per heavy atom. The van der Waals surface area contributed by atoms with Crippen LogP contribution >= 0.6 is 46.6 Å². The van der Waals surface area contributed by atoms with Gasteiger partial charge in [0.15, 0.2) is 0 Å². The summed E-state index contributed by atoms with van der Waals surface area (Å²) < 4.78 is 0. The molecule has 21 heavy (non-hydrogen) atoms. The van der Waals surface area contributed by atoms with Gasteiger partial charge in [-0.05, 0) is 30.3 Å². The topological polar surface area (TPSA) is 55.1 Å². The van der Waals surface area contributed by atoms with E-state index in [4.69, 9.17) is 40.5 Å². The number of para-hydroxylation sites is 1. The highest BCUT2D eigenvalue weighted by molar-refractivity contribution is 8.00. The Labute approximate surface area is 141 Å². The van der Waals surface area contributed by atoms with Crippen molar-refractivity contribution >= 4 is 63.8 Å². The van der Waals surface area contributed by atoms with Crippen molar-refractivity contribution < 1.29 is 4.79 Å². The smallest absolute Gasteiger partial charge is 0.234 e. The minimum Gasteiger partial charge on any atom is -0.398 e. The van der Waals surface area contributed by atoms with E-state index in [0.717, 1.165) is 4.90 Å². The number of hydrogen-bond acceptors (Lipinski definition) is 3. The lowest BCUT2D eigenvalue weighted by Crippen LogP contribution is -2.14. The Bertz CT molecular complexity index is 659. The molecule has 0 heterocycles. The first-order valence-electron chi connectivity index (χ1n) is 5.89. The fourth-order valence-electron chi connectivity index (χ4n) is 1.59. The molecule has 0 aliphatic heterocycles. The molecule has 0 aromatic heterocycles. The standard InChI is InChI=1S/C14H11Cl3N2OS/c15-8-4-5-12(11(18)6-8)21-7-13(20)19-14-9(16)2-1-3-10(14)17/h1-6H,7,18H2,(H,19,20). The van der Waals surface area contributed by atoms with Crippen LogP contribution in [0.1, 0.15) is 0 Å². The molecule has 0 atom stereocenters. The van der Waals surface area contributed by atoms with Gasteiger partial charge in [-0.1, -0.05) is 40.9 Å². The first-order valence-corrected chi connectivity index (χ1v) is 8.01. The Morgan fingerprint density at radius 3 is 2.43 bits per heavy atom. The van der Waals surface area contributed by atoms with Crippen molar-refractivity contribution in [3.05, 3.63) is 51.5 Å². The zero-order chi connectivity index (χ0) is 15.4. The molecule has 1 amide bonds. The molecule has 0 aliphatic rings. The summed E-state index contributed by atoms with van der Waals surface area (Å²) in [5.41, 5.74) is 6.78. The Hall–Kier alpha value is -1.07. The van der Waals surface area contributed by atoms with Crippen molar-refractivity contribution in [1.82, 2.24) is 0 Å². The van der Waals surface area contributed by atoms with Crippen LogP contribution < -0.4 is 11.1 Å². The van der Waals surface area contributed by atoms with Crippen LogP contribution in [0.4, 0.5) is 11.4 Å². The number of nitrogens with two attached hydrogens (primary N) is 1. The summed E-state index contributed by atoms with van der Waals surface area (Å²) in [4.78, 5) is 12.7. The molecule has 0 fully saturated rings. The second-order valence-corrected chi connectivity index (χ2v) is 6.38. The van der Waals surface area contributed by atoms with Crippen molar-refractivity contribution in [2.75, 3.05) is 16.8 Å². The van der Waals surface area contributed by atoms with E-state index in [1.54, 1.807) is 36.4 Å². The van der Waals surface area contributed by atoms with E-state index in [-0.39, 0.29) is 11.7 Å². The highest BCUT2D eigenvalue weighted by Gasteiger charge is 2.10. The lowest BCUT2D eigenvalue weighted by atomic mass is 10.3. The van der Waals surface area contributed by atoms with Gasteiger partial charge < -0.3 is 11.1 Å². The Morgan fingerprint density at radius 2 is 1.81 bits per heavy atom. The quantitative estimate of drug-likeness (QED) is 0.598. The molecule has 2 aromatic rings. The SMILES string of the molecule is Nc1cc(Cl)ccc1SCC(=O)Nc1c(Cl)cccc1Cl. The number of carbonyl (C=O) groups excluding carboxylic acids is 1. The summed E-state index contributed by atoms with van der Waals surface area (Å²) in [5.74, 6) is -0.0303. The van der Waals surface area contributed by atoms with Gasteiger partial charge in [0.2, 0.25) is 5.91 Å². The number of carbonyl (C=O) groups is 1. The molecule has 3 nitrogen and oxygen atoms in total. The van der Waals surface area contributed by atoms with Crippen LogP contribution in [0.25, 0.3) is 0 Å². The van der Waals surface area contributed by atoms with E-state index in [1.165, 1.54) is 11.8 Å². The number of thioether (sulfide) groups is 1. The van der Waals surface area contributed by atoms with E-state index >= 15 is 0 Å². The van der Waals surface area contributed by atoms with Crippen LogP contribution in [0.15, 0.2) is 41.3 Å². The monoisotopic (exact) mass is 360 g/mol. The predicted octanol–water partition coefficient (Wildman–Crippen LogP) is 4.96. The normalized spacial score (nSPS) is 10.4. The maximum Gasteiger partial charge on any atom is 0.234 e. The van der Waals surface area contributed by atoms with Crippen LogP contribution in [-0.4, -0.2) is 11.7 Å².